The van der Waals surface area contributed by atoms with Gasteiger partial charge >= 0.3 is 0 Å². The number of hydrogen-bond acceptors (Lipinski definition) is 2. The van der Waals surface area contributed by atoms with Crippen LogP contribution >= 0.6 is 0 Å². The van der Waals surface area contributed by atoms with Crippen molar-refractivity contribution in [3.63, 3.8) is 0 Å². The molecule has 1 heterocycles. The number of carbonyl (C=O) groups excluding carboxylic acids is 1. The minimum atomic E-state index is 0.154. The van der Waals surface area contributed by atoms with E-state index in [0.717, 1.165) is 31.5 Å². The number of nitrogens with zero attached hydrogens (tertiary/aromatic N) is 1. The van der Waals surface area contributed by atoms with Gasteiger partial charge in [0.2, 0.25) is 5.91 Å². The van der Waals surface area contributed by atoms with Crippen molar-refractivity contribution in [2.24, 2.45) is 0 Å². The summed E-state index contributed by atoms with van der Waals surface area (Å²) >= 11 is 0. The van der Waals surface area contributed by atoms with Crippen LogP contribution in [0.3, 0.4) is 0 Å². The average molecular weight is 222 g/mol. The lowest BCUT2D eigenvalue weighted by Gasteiger charge is -2.07. The Hall–Kier alpha value is -1.32. The Morgan fingerprint density at radius 2 is 2.31 bits per heavy atom. The van der Waals surface area contributed by atoms with Crippen LogP contribution in [0.2, 0.25) is 0 Å². The van der Waals surface area contributed by atoms with Crippen LogP contribution in [0, 0.1) is 6.20 Å². The molecule has 1 aromatic rings. The Kier molecular flexibility index (Phi) is 5.61. The van der Waals surface area contributed by atoms with Gasteiger partial charge in [-0.2, -0.15) is 0 Å². The summed E-state index contributed by atoms with van der Waals surface area (Å²) in [7, 11) is 0. The van der Waals surface area contributed by atoms with E-state index in [1.807, 2.05) is 13.8 Å². The molecule has 1 radical (unpaired) electrons. The second-order valence-electron chi connectivity index (χ2n) is 4.26. The summed E-state index contributed by atoms with van der Waals surface area (Å²) in [5.74, 6) is 1.13. The van der Waals surface area contributed by atoms with E-state index in [1.54, 1.807) is 6.20 Å². The van der Waals surface area contributed by atoms with Crippen molar-refractivity contribution < 1.29 is 4.79 Å². The highest BCUT2D eigenvalue weighted by atomic mass is 16.1. The molecule has 0 fully saturated rings. The van der Waals surface area contributed by atoms with Gasteiger partial charge in [0.15, 0.2) is 0 Å². The predicted molar refractivity (Wildman–Crippen MR) is 62.9 cm³/mol. The number of H-pyrrole nitrogens is 1. The fourth-order valence-electron chi connectivity index (χ4n) is 1.54. The number of rotatable bonds is 7. The first-order chi connectivity index (χ1) is 7.68. The van der Waals surface area contributed by atoms with Gasteiger partial charge in [-0.3, -0.25) is 4.79 Å². The third kappa shape index (κ3) is 5.53. The van der Waals surface area contributed by atoms with Crippen molar-refractivity contribution in [3.05, 3.63) is 18.2 Å². The lowest BCUT2D eigenvalue weighted by Crippen LogP contribution is -2.29. The predicted octanol–water partition coefficient (Wildman–Crippen LogP) is 1.84. The van der Waals surface area contributed by atoms with Gasteiger partial charge in [-0.05, 0) is 26.7 Å². The average Bonchev–Trinajstić information content (AvgIpc) is 2.68. The van der Waals surface area contributed by atoms with Crippen molar-refractivity contribution in [2.75, 3.05) is 0 Å². The Bertz CT molecular complexity index is 293. The van der Waals surface area contributed by atoms with Crippen LogP contribution in [0.1, 0.15) is 45.4 Å². The normalized spacial score (nSPS) is 10.7. The van der Waals surface area contributed by atoms with Crippen molar-refractivity contribution in [1.82, 2.24) is 15.3 Å². The zero-order chi connectivity index (χ0) is 11.8. The van der Waals surface area contributed by atoms with E-state index in [2.05, 4.69) is 21.5 Å². The fraction of sp³-hybridized carbons (Fsp3) is 0.667. The molecule has 0 aliphatic rings. The molecule has 4 nitrogen and oxygen atoms in total. The first-order valence-corrected chi connectivity index (χ1v) is 5.88. The highest BCUT2D eigenvalue weighted by Crippen LogP contribution is 2.04. The van der Waals surface area contributed by atoms with Crippen LogP contribution in [0.15, 0.2) is 6.20 Å². The van der Waals surface area contributed by atoms with Crippen LogP contribution in [-0.4, -0.2) is 21.9 Å². The highest BCUT2D eigenvalue weighted by molar-refractivity contribution is 5.76. The minimum absolute atomic E-state index is 0.154. The zero-order valence-electron chi connectivity index (χ0n) is 10.0. The molecule has 0 aliphatic carbocycles. The fourth-order valence-corrected chi connectivity index (χ4v) is 1.54. The standard InChI is InChI=1S/C12H20N3O/c1-10(2)15-12(16)7-5-3-4-6-11-13-8-9-14-11/h8,10H,3-7H2,1-2H3,(H,13,14)(H,15,16). The first-order valence-electron chi connectivity index (χ1n) is 5.88. The number of aryl methyl sites for hydroxylation is 1. The van der Waals surface area contributed by atoms with Gasteiger partial charge in [-0.25, -0.2) is 4.98 Å². The molecule has 0 saturated carbocycles. The number of aromatic amines is 1. The number of hydrogen-bond donors (Lipinski definition) is 2. The number of imidazole rings is 1. The van der Waals surface area contributed by atoms with E-state index in [4.69, 9.17) is 0 Å². The van der Waals surface area contributed by atoms with Crippen LogP contribution in [0.4, 0.5) is 0 Å². The summed E-state index contributed by atoms with van der Waals surface area (Å²) in [6.07, 6.45) is 9.10. The molecule has 0 bridgehead atoms. The third-order valence-corrected chi connectivity index (χ3v) is 2.27. The molecule has 1 amide bonds. The van der Waals surface area contributed by atoms with Crippen LogP contribution in [-0.2, 0) is 11.2 Å². The molecule has 0 unspecified atom stereocenters. The molecule has 4 heteroatoms. The Balaban J connectivity index is 1.98. The molecular weight excluding hydrogens is 202 g/mol. The lowest BCUT2D eigenvalue weighted by atomic mass is 10.1. The zero-order valence-corrected chi connectivity index (χ0v) is 10.0. The lowest BCUT2D eigenvalue weighted by molar-refractivity contribution is -0.121. The quantitative estimate of drug-likeness (QED) is 0.692. The van der Waals surface area contributed by atoms with Crippen molar-refractivity contribution in [1.29, 1.82) is 0 Å². The van der Waals surface area contributed by atoms with Crippen molar-refractivity contribution in [2.45, 2.75) is 52.0 Å². The van der Waals surface area contributed by atoms with Crippen molar-refractivity contribution >= 4 is 5.91 Å². The molecule has 0 spiro atoms. The Morgan fingerprint density at radius 1 is 1.50 bits per heavy atom. The molecule has 0 atom stereocenters. The van der Waals surface area contributed by atoms with Crippen LogP contribution < -0.4 is 5.32 Å². The molecule has 0 aromatic carbocycles. The summed E-state index contributed by atoms with van der Waals surface area (Å²) in [5.41, 5.74) is 0. The van der Waals surface area contributed by atoms with E-state index >= 15 is 0 Å². The van der Waals surface area contributed by atoms with Gasteiger partial charge in [0, 0.05) is 25.1 Å². The molecule has 2 N–H and O–H groups in total. The molecular formula is C12H20N3O. The molecule has 1 aromatic heterocycles. The maximum Gasteiger partial charge on any atom is 0.220 e. The van der Waals surface area contributed by atoms with E-state index < -0.39 is 0 Å². The Labute approximate surface area is 96.9 Å². The van der Waals surface area contributed by atoms with E-state index in [-0.39, 0.29) is 11.9 Å². The van der Waals surface area contributed by atoms with Crippen LogP contribution in [0.5, 0.6) is 0 Å². The van der Waals surface area contributed by atoms with Gasteiger partial charge in [0.05, 0.1) is 0 Å². The molecule has 0 aliphatic heterocycles. The van der Waals surface area contributed by atoms with Gasteiger partial charge in [-0.1, -0.05) is 6.42 Å². The summed E-state index contributed by atoms with van der Waals surface area (Å²) in [5, 5.41) is 2.88. The van der Waals surface area contributed by atoms with E-state index in [1.165, 1.54) is 0 Å². The van der Waals surface area contributed by atoms with Crippen LogP contribution in [0.25, 0.3) is 0 Å². The summed E-state index contributed by atoms with van der Waals surface area (Å²) in [4.78, 5) is 18.4. The largest absolute Gasteiger partial charge is 0.354 e. The first kappa shape index (κ1) is 12.7. The third-order valence-electron chi connectivity index (χ3n) is 2.27. The molecule has 1 rings (SSSR count). The number of aromatic nitrogens is 2. The summed E-state index contributed by atoms with van der Waals surface area (Å²) < 4.78 is 0. The van der Waals surface area contributed by atoms with Crippen molar-refractivity contribution in [3.8, 4) is 0 Å². The smallest absolute Gasteiger partial charge is 0.220 e. The number of carbonyl (C=O) groups is 1. The SMILES string of the molecule is CC(C)NC(=O)CCCCCc1n[c]c[nH]1. The van der Waals surface area contributed by atoms with E-state index in [9.17, 15) is 4.79 Å². The van der Waals surface area contributed by atoms with Gasteiger partial charge in [0.1, 0.15) is 12.0 Å². The number of amides is 1. The Morgan fingerprint density at radius 3 is 2.94 bits per heavy atom. The maximum atomic E-state index is 11.3. The summed E-state index contributed by atoms with van der Waals surface area (Å²) in [6, 6.07) is 0.242. The highest BCUT2D eigenvalue weighted by Gasteiger charge is 2.02. The summed E-state index contributed by atoms with van der Waals surface area (Å²) in [6.45, 7) is 3.95. The second-order valence-corrected chi connectivity index (χ2v) is 4.26. The number of unbranched alkanes of at least 4 members (excludes halogenated alkanes) is 2. The molecule has 89 valence electrons. The van der Waals surface area contributed by atoms with Gasteiger partial charge in [0.25, 0.3) is 0 Å². The molecule has 0 saturated heterocycles. The van der Waals surface area contributed by atoms with E-state index in [0.29, 0.717) is 6.42 Å². The topological polar surface area (TPSA) is 57.8 Å². The maximum absolute atomic E-state index is 11.3. The van der Waals surface area contributed by atoms with Gasteiger partial charge in [-0.15, -0.1) is 0 Å². The number of nitrogens with one attached hydrogen (secondary N) is 2. The monoisotopic (exact) mass is 222 g/mol. The second kappa shape index (κ2) is 7.04. The van der Waals surface area contributed by atoms with Gasteiger partial charge < -0.3 is 10.3 Å². The minimum Gasteiger partial charge on any atom is -0.354 e. The molecule has 16 heavy (non-hydrogen) atoms.